The van der Waals surface area contributed by atoms with Crippen LogP contribution in [0.1, 0.15) is 0 Å². The Morgan fingerprint density at radius 2 is 0.364 bits per heavy atom. The first kappa shape index (κ1) is 74.9. The van der Waals surface area contributed by atoms with Crippen molar-refractivity contribution in [2.24, 2.45) is 0 Å². The zero-order valence-electron chi connectivity index (χ0n) is 71.5. The predicted molar refractivity (Wildman–Crippen MR) is 557 cm³/mol. The van der Waals surface area contributed by atoms with Crippen molar-refractivity contribution in [1.29, 1.82) is 0 Å². The normalized spacial score (nSPS) is 11.9. The number of rotatable bonds is 12. The Kier molecular flexibility index (Phi) is 17.1. The van der Waals surface area contributed by atoms with Gasteiger partial charge in [0.2, 0.25) is 0 Å². The molecule has 0 amide bonds. The third kappa shape index (κ3) is 12.0. The molecule has 7 nitrogen and oxygen atoms in total. The molecule has 8 heteroatoms. The van der Waals surface area contributed by atoms with E-state index in [4.69, 9.17) is 4.42 Å². The molecule has 0 saturated heterocycles. The summed E-state index contributed by atoms with van der Waals surface area (Å²) in [6, 6.07) is 169. The van der Waals surface area contributed by atoms with Gasteiger partial charge in [0.15, 0.2) is 0 Å². The van der Waals surface area contributed by atoms with Gasteiger partial charge in [0, 0.05) is 125 Å². The maximum Gasteiger partial charge on any atom is 0.134 e. The average molecular weight is 1700 g/mol. The highest BCUT2D eigenvalue weighted by atomic mass is 32.1. The Hall–Kier alpha value is -17.3. The van der Waals surface area contributed by atoms with Crippen LogP contribution in [0.15, 0.2) is 477 Å². The average Bonchev–Trinajstić information content (AvgIpc) is 1.73. The Morgan fingerprint density at radius 1 is 0.152 bits per heavy atom. The third-order valence-corrected chi connectivity index (χ3v) is 28.4. The fourth-order valence-electron chi connectivity index (χ4n) is 21.3. The number of hydrogen-bond acceptors (Lipinski definition) is 2. The van der Waals surface area contributed by atoms with Crippen molar-refractivity contribution in [1.82, 2.24) is 27.4 Å². The fraction of sp³-hybridized carbons (Fsp3) is 0. The minimum Gasteiger partial charge on any atom is -0.464 e. The van der Waals surface area contributed by atoms with Gasteiger partial charge in [-0.15, -0.1) is 11.3 Å². The Labute approximate surface area is 763 Å². The quantitative estimate of drug-likeness (QED) is 0.120. The summed E-state index contributed by atoms with van der Waals surface area (Å²) in [6.07, 6.45) is 1.87. The van der Waals surface area contributed by atoms with Crippen LogP contribution in [-0.2, 0) is 0 Å². The Morgan fingerprint density at radius 3 is 0.659 bits per heavy atom. The maximum absolute atomic E-state index is 5.94. The van der Waals surface area contributed by atoms with Crippen molar-refractivity contribution in [3.63, 3.8) is 0 Å². The highest BCUT2D eigenvalue weighted by Crippen LogP contribution is 2.47. The molecule has 0 bridgehead atoms. The smallest absolute Gasteiger partial charge is 0.134 e. The van der Waals surface area contributed by atoms with Crippen LogP contribution in [-0.4, -0.2) is 27.4 Å². The van der Waals surface area contributed by atoms with E-state index >= 15 is 0 Å². The van der Waals surface area contributed by atoms with Gasteiger partial charge in [-0.05, 0) is 267 Å². The van der Waals surface area contributed by atoms with E-state index in [9.17, 15) is 0 Å². The summed E-state index contributed by atoms with van der Waals surface area (Å²) >= 11 is 1.81. The molecule has 8 aromatic heterocycles. The van der Waals surface area contributed by atoms with Crippen molar-refractivity contribution < 1.29 is 4.42 Å². The first-order chi connectivity index (χ1) is 65.5. The number of hydrogen-bond donors (Lipinski definition) is 0. The van der Waals surface area contributed by atoms with Gasteiger partial charge in [0.25, 0.3) is 0 Å². The third-order valence-electron chi connectivity index (χ3n) is 27.4. The molecule has 0 spiro atoms. The van der Waals surface area contributed by atoms with Gasteiger partial charge >= 0.3 is 0 Å². The summed E-state index contributed by atoms with van der Waals surface area (Å²) in [5.74, 6) is 0. The molecule has 8 heterocycles. The lowest BCUT2D eigenvalue weighted by Gasteiger charge is -2.10. The number of furan rings is 1. The van der Waals surface area contributed by atoms with Crippen molar-refractivity contribution >= 4 is 163 Å². The lowest BCUT2D eigenvalue weighted by atomic mass is 9.98. The molecule has 20 aromatic carbocycles. The van der Waals surface area contributed by atoms with Gasteiger partial charge in [0.05, 0.1) is 72.5 Å². The molecule has 0 fully saturated rings. The van der Waals surface area contributed by atoms with Crippen LogP contribution < -0.4 is 0 Å². The van der Waals surface area contributed by atoms with Gasteiger partial charge in [-0.1, -0.05) is 255 Å². The van der Waals surface area contributed by atoms with E-state index in [2.05, 4.69) is 482 Å². The topological polar surface area (TPSA) is 42.7 Å². The van der Waals surface area contributed by atoms with Crippen molar-refractivity contribution in [3.05, 3.63) is 473 Å². The summed E-state index contributed by atoms with van der Waals surface area (Å²) in [5, 5.41) is 19.6. The maximum atomic E-state index is 5.94. The molecule has 616 valence electrons. The molecule has 0 N–H and O–H groups in total. The molecule has 0 radical (unpaired) electrons. The monoisotopic (exact) mass is 1700 g/mol. The van der Waals surface area contributed by atoms with Crippen LogP contribution in [0, 0.1) is 0 Å². The Balaban J connectivity index is 0.000000135. The molecule has 0 atom stereocenters. The molecule has 0 aliphatic rings. The summed E-state index contributed by atoms with van der Waals surface area (Å²) in [5.41, 5.74) is 36.4. The first-order valence-corrected chi connectivity index (χ1v) is 46.0. The second kappa shape index (κ2) is 30.2. The van der Waals surface area contributed by atoms with E-state index in [1.54, 1.807) is 0 Å². The van der Waals surface area contributed by atoms with E-state index in [1.807, 2.05) is 29.7 Å². The minimum absolute atomic E-state index is 0.896. The molecule has 28 aromatic rings. The molecule has 0 unspecified atom stereocenters. The molecule has 132 heavy (non-hydrogen) atoms. The van der Waals surface area contributed by atoms with E-state index in [-0.39, 0.29) is 0 Å². The lowest BCUT2D eigenvalue weighted by molar-refractivity contribution is 0.617. The van der Waals surface area contributed by atoms with Gasteiger partial charge in [-0.2, -0.15) is 0 Å². The van der Waals surface area contributed by atoms with E-state index in [0.717, 1.165) is 55.9 Å². The molecule has 28 rings (SSSR count). The number of para-hydroxylation sites is 9. The van der Waals surface area contributed by atoms with Crippen molar-refractivity contribution in [3.8, 4) is 101 Å². The van der Waals surface area contributed by atoms with Crippen LogP contribution in [0.5, 0.6) is 0 Å². The van der Waals surface area contributed by atoms with Crippen LogP contribution in [0.3, 0.4) is 0 Å². The number of thiophene rings is 1. The van der Waals surface area contributed by atoms with Gasteiger partial charge in [-0.3, -0.25) is 0 Å². The SMILES string of the molecule is c1ccc(-n2c3ccccc3c3cc(-c4ccc5c(c4)c4cc(-c6ccc7c(c6)c6ccccc6n7-c6ccccc6)ccc4n5-c4ccc(-c5coc6ccccc56)cc4)ccc32)cc1.c1ccc(-n2c3ccccc3c3cc(-c4ccc5c(c4)c4cc(-c6ccc7c(c6)c6ccccc6n7-c6ccccc6)ccc4n5-c4ccc(-c5csc6ccccc56)cc4)ccc32)cc1. The van der Waals surface area contributed by atoms with Crippen LogP contribution in [0.2, 0.25) is 0 Å². The molecule has 0 saturated carbocycles. The molecule has 0 aliphatic heterocycles. The second-order valence-electron chi connectivity index (χ2n) is 34.7. The van der Waals surface area contributed by atoms with Gasteiger partial charge in [-0.25, -0.2) is 0 Å². The minimum atomic E-state index is 0.896. The van der Waals surface area contributed by atoms with Gasteiger partial charge < -0.3 is 31.8 Å². The number of aromatic nitrogens is 6. The number of nitrogens with zero attached hydrogens (tertiary/aromatic N) is 6. The summed E-state index contributed by atoms with van der Waals surface area (Å²) < 4.78 is 21.6. The standard InChI is InChI=1S/C62H39N3O.C62H39N3S/c2*1-3-13-45(14-4-1)63-56-20-10-7-17-48(56)51-35-41(25-31-58(51)63)43-27-33-60-53(37-43)54-38-44(42-26-32-59-52(36-42)49-18-8-11-21-57(49)64(59)46-15-5-2-6-16-46)28-34-61(54)65(60)47-29-23-40(24-30-47)55-39-66-62-22-12-9-19-50(55)62/h2*1-39H. The zero-order valence-corrected chi connectivity index (χ0v) is 72.3. The van der Waals surface area contributed by atoms with Crippen LogP contribution in [0.4, 0.5) is 0 Å². The predicted octanol–water partition coefficient (Wildman–Crippen LogP) is 33.9. The van der Waals surface area contributed by atoms with Crippen molar-refractivity contribution in [2.45, 2.75) is 0 Å². The summed E-state index contributed by atoms with van der Waals surface area (Å²) in [7, 11) is 0. The van der Waals surface area contributed by atoms with Crippen molar-refractivity contribution in [2.75, 3.05) is 0 Å². The van der Waals surface area contributed by atoms with Crippen LogP contribution >= 0.6 is 11.3 Å². The van der Waals surface area contributed by atoms with Crippen LogP contribution in [0.25, 0.3) is 253 Å². The zero-order chi connectivity index (χ0) is 86.6. The van der Waals surface area contributed by atoms with Gasteiger partial charge in [0.1, 0.15) is 5.58 Å². The van der Waals surface area contributed by atoms with E-state index in [0.29, 0.717) is 0 Å². The highest BCUT2D eigenvalue weighted by Gasteiger charge is 2.24. The number of benzene rings is 20. The molecular formula is C124H78N6OS. The summed E-state index contributed by atoms with van der Waals surface area (Å²) in [6.45, 7) is 0. The first-order valence-electron chi connectivity index (χ1n) is 45.1. The Bertz CT molecular complexity index is 8530. The van der Waals surface area contributed by atoms with E-state index < -0.39 is 0 Å². The largest absolute Gasteiger partial charge is 0.464 e. The number of fused-ring (bicyclic) bond motifs is 20. The second-order valence-corrected chi connectivity index (χ2v) is 35.6. The summed E-state index contributed by atoms with van der Waals surface area (Å²) in [4.78, 5) is 0. The fourth-order valence-corrected chi connectivity index (χ4v) is 22.3. The highest BCUT2D eigenvalue weighted by molar-refractivity contribution is 7.17. The lowest BCUT2D eigenvalue weighted by Crippen LogP contribution is -1.94. The van der Waals surface area contributed by atoms with E-state index in [1.165, 1.54) is 197 Å². The molecular weight excluding hydrogens is 1620 g/mol. The molecule has 0 aliphatic carbocycles.